The molecule has 148 valence electrons. The van der Waals surface area contributed by atoms with Crippen molar-refractivity contribution in [3.63, 3.8) is 0 Å². The number of rotatable bonds is 3. The molecule has 0 radical (unpaired) electrons. The average molecular weight is 406 g/mol. The zero-order valence-electron chi connectivity index (χ0n) is 16.5. The molecular weight excluding hydrogens is 382 g/mol. The second-order valence-corrected chi connectivity index (χ2v) is 9.71. The van der Waals surface area contributed by atoms with E-state index in [4.69, 9.17) is 0 Å². The fourth-order valence-corrected chi connectivity index (χ4v) is 6.14. The molecule has 3 heterocycles. The quantitative estimate of drug-likeness (QED) is 0.559. The number of hydrogen-bond acceptors (Lipinski definition) is 3. The van der Waals surface area contributed by atoms with Gasteiger partial charge in [0, 0.05) is 29.0 Å². The Morgan fingerprint density at radius 3 is 2.83 bits per heavy atom. The molecule has 1 aromatic carbocycles. The van der Waals surface area contributed by atoms with E-state index in [1.54, 1.807) is 11.3 Å². The first-order chi connectivity index (χ1) is 14.1. The number of aromatic nitrogens is 3. The van der Waals surface area contributed by atoms with E-state index >= 15 is 0 Å². The Kier molecular flexibility index (Phi) is 3.69. The van der Waals surface area contributed by atoms with E-state index in [-0.39, 0.29) is 11.2 Å². The maximum absolute atomic E-state index is 13.4. The molecule has 0 bridgehead atoms. The molecule has 0 atom stereocenters. The van der Waals surface area contributed by atoms with Crippen LogP contribution in [0.1, 0.15) is 41.7 Å². The van der Waals surface area contributed by atoms with E-state index in [0.29, 0.717) is 5.69 Å². The monoisotopic (exact) mass is 405 g/mol. The Morgan fingerprint density at radius 2 is 2.00 bits per heavy atom. The van der Waals surface area contributed by atoms with Crippen molar-refractivity contribution in [3.05, 3.63) is 61.2 Å². The average Bonchev–Trinajstić information content (AvgIpc) is 3.36. The molecule has 2 aliphatic carbocycles. The summed E-state index contributed by atoms with van der Waals surface area (Å²) in [5, 5.41) is 1.87. The zero-order chi connectivity index (χ0) is 19.7. The van der Waals surface area contributed by atoms with Gasteiger partial charge in [-0.1, -0.05) is 0 Å². The first-order valence-electron chi connectivity index (χ1n) is 10.5. The van der Waals surface area contributed by atoms with Gasteiger partial charge in [-0.05, 0) is 80.2 Å². The molecule has 0 saturated heterocycles. The van der Waals surface area contributed by atoms with Crippen LogP contribution in [0.15, 0.2) is 34.0 Å². The van der Waals surface area contributed by atoms with Gasteiger partial charge < -0.3 is 4.57 Å². The smallest absolute Gasteiger partial charge is 0.334 e. The van der Waals surface area contributed by atoms with Crippen LogP contribution in [0, 0.1) is 5.92 Å². The van der Waals surface area contributed by atoms with Gasteiger partial charge in [0.25, 0.3) is 5.56 Å². The predicted octanol–water partition coefficient (Wildman–Crippen LogP) is 4.06. The molecule has 6 heteroatoms. The van der Waals surface area contributed by atoms with Crippen LogP contribution in [0.2, 0.25) is 0 Å². The van der Waals surface area contributed by atoms with Crippen molar-refractivity contribution in [1.29, 1.82) is 0 Å². The van der Waals surface area contributed by atoms with E-state index in [0.717, 1.165) is 64.7 Å². The van der Waals surface area contributed by atoms with Crippen LogP contribution < -0.4 is 11.2 Å². The summed E-state index contributed by atoms with van der Waals surface area (Å²) in [7, 11) is 2.06. The lowest BCUT2D eigenvalue weighted by Crippen LogP contribution is -2.33. The predicted molar refractivity (Wildman–Crippen MR) is 118 cm³/mol. The number of thiophene rings is 1. The van der Waals surface area contributed by atoms with Crippen LogP contribution in [0.3, 0.4) is 0 Å². The minimum absolute atomic E-state index is 0.179. The lowest BCUT2D eigenvalue weighted by molar-refractivity contribution is 0.699. The minimum Gasteiger partial charge on any atom is -0.350 e. The highest BCUT2D eigenvalue weighted by atomic mass is 32.1. The van der Waals surface area contributed by atoms with Gasteiger partial charge in [-0.3, -0.25) is 9.78 Å². The van der Waals surface area contributed by atoms with Gasteiger partial charge in [0.2, 0.25) is 0 Å². The lowest BCUT2D eigenvalue weighted by Gasteiger charge is -2.10. The fraction of sp³-hybridized carbons (Fsp3) is 0.391. The van der Waals surface area contributed by atoms with Crippen molar-refractivity contribution in [3.8, 4) is 5.69 Å². The number of hydrogen-bond donors (Lipinski definition) is 1. The summed E-state index contributed by atoms with van der Waals surface area (Å²) < 4.78 is 3.47. The molecule has 1 fully saturated rings. The van der Waals surface area contributed by atoms with Crippen LogP contribution in [-0.4, -0.2) is 14.1 Å². The summed E-state index contributed by atoms with van der Waals surface area (Å²) in [5.41, 5.74) is 3.74. The van der Waals surface area contributed by atoms with E-state index in [2.05, 4.69) is 22.8 Å². The third-order valence-electron chi connectivity index (χ3n) is 6.53. The van der Waals surface area contributed by atoms with Gasteiger partial charge in [0.15, 0.2) is 0 Å². The molecule has 1 saturated carbocycles. The molecule has 5 nitrogen and oxygen atoms in total. The second kappa shape index (κ2) is 6.20. The van der Waals surface area contributed by atoms with Crippen molar-refractivity contribution in [2.24, 2.45) is 13.0 Å². The Balaban J connectivity index is 1.58. The number of fused-ring (bicyclic) bond motifs is 4. The number of H-pyrrole nitrogens is 1. The maximum Gasteiger partial charge on any atom is 0.334 e. The molecule has 0 spiro atoms. The number of nitrogens with zero attached hydrogens (tertiary/aromatic N) is 2. The summed E-state index contributed by atoms with van der Waals surface area (Å²) in [6.45, 7) is 0. The number of benzene rings is 1. The molecule has 6 rings (SSSR count). The third-order valence-corrected chi connectivity index (χ3v) is 7.74. The molecule has 0 unspecified atom stereocenters. The van der Waals surface area contributed by atoms with Gasteiger partial charge in [-0.2, -0.15) is 0 Å². The largest absolute Gasteiger partial charge is 0.350 e. The van der Waals surface area contributed by atoms with Gasteiger partial charge in [-0.25, -0.2) is 9.36 Å². The SMILES string of the molecule is Cn1cc(CC2CC2)c2cc(-n3c(=O)[nH]c4sc5c(c4c3=O)CCCC5)ccc21. The Hall–Kier alpha value is -2.60. The van der Waals surface area contributed by atoms with Crippen molar-refractivity contribution >= 4 is 32.5 Å². The van der Waals surface area contributed by atoms with Gasteiger partial charge >= 0.3 is 5.69 Å². The highest BCUT2D eigenvalue weighted by Gasteiger charge is 2.24. The molecule has 3 aromatic heterocycles. The molecule has 2 aliphatic rings. The van der Waals surface area contributed by atoms with Crippen LogP contribution in [0.5, 0.6) is 0 Å². The highest BCUT2D eigenvalue weighted by Crippen LogP contribution is 2.36. The van der Waals surface area contributed by atoms with Crippen molar-refractivity contribution in [1.82, 2.24) is 14.1 Å². The van der Waals surface area contributed by atoms with Crippen molar-refractivity contribution in [2.45, 2.75) is 44.9 Å². The summed E-state index contributed by atoms with van der Waals surface area (Å²) in [4.78, 5) is 31.3. The summed E-state index contributed by atoms with van der Waals surface area (Å²) in [6, 6.07) is 5.94. The van der Waals surface area contributed by atoms with Gasteiger partial charge in [0.1, 0.15) is 4.83 Å². The topological polar surface area (TPSA) is 59.8 Å². The number of nitrogens with one attached hydrogen (secondary N) is 1. The van der Waals surface area contributed by atoms with E-state index in [1.807, 2.05) is 18.2 Å². The first-order valence-corrected chi connectivity index (χ1v) is 11.3. The Morgan fingerprint density at radius 1 is 1.17 bits per heavy atom. The Bertz CT molecular complexity index is 1400. The maximum atomic E-state index is 13.4. The molecule has 0 aliphatic heterocycles. The van der Waals surface area contributed by atoms with Crippen LogP contribution in [-0.2, 0) is 26.3 Å². The third kappa shape index (κ3) is 2.65. The fourth-order valence-electron chi connectivity index (χ4n) is 4.87. The van der Waals surface area contributed by atoms with Crippen molar-refractivity contribution in [2.75, 3.05) is 0 Å². The molecule has 29 heavy (non-hydrogen) atoms. The molecule has 1 N–H and O–H groups in total. The molecular formula is C23H23N3O2S. The van der Waals surface area contributed by atoms with E-state index < -0.39 is 0 Å². The van der Waals surface area contributed by atoms with Crippen LogP contribution in [0.25, 0.3) is 26.8 Å². The number of aromatic amines is 1. The van der Waals surface area contributed by atoms with Crippen LogP contribution >= 0.6 is 11.3 Å². The molecule has 0 amide bonds. The van der Waals surface area contributed by atoms with Gasteiger partial charge in [0.05, 0.1) is 11.1 Å². The van der Waals surface area contributed by atoms with Crippen molar-refractivity contribution < 1.29 is 0 Å². The standard InChI is InChI=1S/C23H23N3O2S/c1-25-12-14(10-13-6-7-13)17-11-15(8-9-18(17)25)26-22(27)20-16-4-2-3-5-19(16)29-21(20)24-23(26)28/h8-9,11-13H,2-7,10H2,1H3,(H,24,28). The zero-order valence-corrected chi connectivity index (χ0v) is 17.3. The molecule has 4 aromatic rings. The number of aryl methyl sites for hydroxylation is 3. The normalized spacial score (nSPS) is 16.6. The highest BCUT2D eigenvalue weighted by molar-refractivity contribution is 7.18. The van der Waals surface area contributed by atoms with Gasteiger partial charge in [-0.15, -0.1) is 11.3 Å². The van der Waals surface area contributed by atoms with E-state index in [9.17, 15) is 9.59 Å². The minimum atomic E-state index is -0.347. The Labute approximate surface area is 171 Å². The van der Waals surface area contributed by atoms with E-state index in [1.165, 1.54) is 27.8 Å². The summed E-state index contributed by atoms with van der Waals surface area (Å²) >= 11 is 1.58. The second-order valence-electron chi connectivity index (χ2n) is 8.60. The summed E-state index contributed by atoms with van der Waals surface area (Å²) in [6.07, 6.45) is 10.1. The first kappa shape index (κ1) is 17.3. The summed E-state index contributed by atoms with van der Waals surface area (Å²) in [5.74, 6) is 0.782. The van der Waals surface area contributed by atoms with Crippen LogP contribution in [0.4, 0.5) is 0 Å². The lowest BCUT2D eigenvalue weighted by atomic mass is 9.97.